The fraction of sp³-hybridized carbons (Fsp3) is 0.421. The highest BCUT2D eigenvalue weighted by molar-refractivity contribution is 5.97. The number of carbonyl (C=O) groups is 2. The van der Waals surface area contributed by atoms with Gasteiger partial charge in [-0.1, -0.05) is 6.92 Å². The Kier molecular flexibility index (Phi) is 6.09. The summed E-state index contributed by atoms with van der Waals surface area (Å²) in [5.41, 5.74) is 3.19. The third kappa shape index (κ3) is 4.21. The summed E-state index contributed by atoms with van der Waals surface area (Å²) >= 11 is 0. The number of anilines is 1. The van der Waals surface area contributed by atoms with Crippen molar-refractivity contribution in [3.8, 4) is 11.5 Å². The van der Waals surface area contributed by atoms with Gasteiger partial charge < -0.3 is 19.9 Å². The van der Waals surface area contributed by atoms with Gasteiger partial charge >= 0.3 is 5.97 Å². The van der Waals surface area contributed by atoms with E-state index in [9.17, 15) is 14.7 Å². The fourth-order valence-electron chi connectivity index (χ4n) is 2.95. The molecule has 0 saturated heterocycles. The third-order valence-electron chi connectivity index (χ3n) is 4.60. The number of aromatic carboxylic acids is 1. The maximum atomic E-state index is 12.7. The predicted molar refractivity (Wildman–Crippen MR) is 101 cm³/mol. The van der Waals surface area contributed by atoms with Gasteiger partial charge in [0.05, 0.1) is 31.2 Å². The van der Waals surface area contributed by atoms with Crippen molar-refractivity contribution in [3.63, 3.8) is 0 Å². The molecule has 1 heterocycles. The molecule has 1 aromatic carbocycles. The molecule has 0 aliphatic carbocycles. The number of ether oxygens (including phenoxy) is 2. The van der Waals surface area contributed by atoms with E-state index in [0.29, 0.717) is 6.42 Å². The van der Waals surface area contributed by atoms with Crippen LogP contribution in [0.3, 0.4) is 0 Å². The zero-order valence-corrected chi connectivity index (χ0v) is 16.4. The summed E-state index contributed by atoms with van der Waals surface area (Å²) in [4.78, 5) is 24.1. The van der Waals surface area contributed by atoms with Gasteiger partial charge in [-0.25, -0.2) is 4.79 Å². The molecular weight excluding hydrogens is 350 g/mol. The predicted octanol–water partition coefficient (Wildman–Crippen LogP) is 2.57. The Morgan fingerprint density at radius 2 is 1.93 bits per heavy atom. The molecule has 0 fully saturated rings. The third-order valence-corrected chi connectivity index (χ3v) is 4.60. The minimum atomic E-state index is -1.12. The molecular formula is C19H25N3O5. The molecule has 0 bridgehead atoms. The van der Waals surface area contributed by atoms with E-state index in [1.165, 1.54) is 26.4 Å². The van der Waals surface area contributed by atoms with E-state index in [1.807, 2.05) is 27.8 Å². The van der Waals surface area contributed by atoms with E-state index in [2.05, 4.69) is 10.4 Å². The van der Waals surface area contributed by atoms with Crippen LogP contribution in [-0.2, 0) is 18.3 Å². The number of carbonyl (C=O) groups excluding carboxylic acids is 1. The summed E-state index contributed by atoms with van der Waals surface area (Å²) in [6, 6.07) is 2.71. The number of aryl methyl sites for hydroxylation is 2. The van der Waals surface area contributed by atoms with Gasteiger partial charge in [0, 0.05) is 18.7 Å². The summed E-state index contributed by atoms with van der Waals surface area (Å²) < 4.78 is 12.3. The van der Waals surface area contributed by atoms with E-state index >= 15 is 0 Å². The average molecular weight is 375 g/mol. The molecule has 2 rings (SSSR count). The van der Waals surface area contributed by atoms with Gasteiger partial charge in [0.2, 0.25) is 5.91 Å². The van der Waals surface area contributed by atoms with Gasteiger partial charge in [0.25, 0.3) is 0 Å². The molecule has 0 spiro atoms. The summed E-state index contributed by atoms with van der Waals surface area (Å²) in [7, 11) is 4.70. The lowest BCUT2D eigenvalue weighted by Gasteiger charge is -2.17. The van der Waals surface area contributed by atoms with Gasteiger partial charge in [-0.15, -0.1) is 0 Å². The Labute approximate surface area is 158 Å². The van der Waals surface area contributed by atoms with Crippen molar-refractivity contribution in [2.75, 3.05) is 19.5 Å². The molecule has 1 unspecified atom stereocenters. The summed E-state index contributed by atoms with van der Waals surface area (Å²) in [5.74, 6) is -1.21. The molecule has 2 aromatic rings. The average Bonchev–Trinajstić information content (AvgIpc) is 2.86. The Morgan fingerprint density at radius 1 is 1.26 bits per heavy atom. The van der Waals surface area contributed by atoms with E-state index < -0.39 is 5.97 Å². The van der Waals surface area contributed by atoms with Crippen LogP contribution >= 0.6 is 0 Å². The first kappa shape index (κ1) is 20.3. The van der Waals surface area contributed by atoms with Crippen LogP contribution in [0.15, 0.2) is 12.1 Å². The first-order chi connectivity index (χ1) is 12.7. The Bertz CT molecular complexity index is 873. The van der Waals surface area contributed by atoms with Crippen LogP contribution in [0.4, 0.5) is 5.69 Å². The molecule has 0 aliphatic heterocycles. The number of aromatic nitrogens is 2. The lowest BCUT2D eigenvalue weighted by atomic mass is 9.98. The summed E-state index contributed by atoms with van der Waals surface area (Å²) in [6.07, 6.45) is 0.523. The number of rotatable bonds is 7. The topological polar surface area (TPSA) is 103 Å². The Morgan fingerprint density at radius 3 is 2.41 bits per heavy atom. The number of hydrogen-bond acceptors (Lipinski definition) is 5. The van der Waals surface area contributed by atoms with Crippen molar-refractivity contribution in [1.29, 1.82) is 0 Å². The molecule has 1 aromatic heterocycles. The van der Waals surface area contributed by atoms with Crippen LogP contribution in [0.1, 0.15) is 34.2 Å². The molecule has 146 valence electrons. The van der Waals surface area contributed by atoms with Gasteiger partial charge in [0.1, 0.15) is 0 Å². The van der Waals surface area contributed by atoms with Crippen LogP contribution in [0.5, 0.6) is 11.5 Å². The molecule has 0 aliphatic rings. The number of nitrogens with one attached hydrogen (secondary N) is 1. The first-order valence-corrected chi connectivity index (χ1v) is 8.48. The van der Waals surface area contributed by atoms with Gasteiger partial charge in [0.15, 0.2) is 11.5 Å². The summed E-state index contributed by atoms with van der Waals surface area (Å²) in [5, 5.41) is 16.4. The molecule has 2 N–H and O–H groups in total. The quantitative estimate of drug-likeness (QED) is 0.771. The smallest absolute Gasteiger partial charge is 0.335 e. The molecule has 27 heavy (non-hydrogen) atoms. The highest BCUT2D eigenvalue weighted by Crippen LogP contribution is 2.37. The van der Waals surface area contributed by atoms with Crippen LogP contribution in [-0.4, -0.2) is 41.0 Å². The highest BCUT2D eigenvalue weighted by atomic mass is 16.5. The van der Waals surface area contributed by atoms with Crippen molar-refractivity contribution in [2.24, 2.45) is 13.0 Å². The molecule has 1 atom stereocenters. The van der Waals surface area contributed by atoms with E-state index in [4.69, 9.17) is 9.47 Å². The number of carboxylic acids is 1. The van der Waals surface area contributed by atoms with Gasteiger partial charge in [-0.3, -0.25) is 9.48 Å². The zero-order valence-electron chi connectivity index (χ0n) is 16.4. The van der Waals surface area contributed by atoms with E-state index in [-0.39, 0.29) is 34.6 Å². The maximum absolute atomic E-state index is 12.7. The second kappa shape index (κ2) is 8.11. The van der Waals surface area contributed by atoms with E-state index in [1.54, 1.807) is 4.68 Å². The lowest BCUT2D eigenvalue weighted by molar-refractivity contribution is -0.119. The monoisotopic (exact) mass is 375 g/mol. The van der Waals surface area contributed by atoms with Gasteiger partial charge in [-0.05, 0) is 38.0 Å². The van der Waals surface area contributed by atoms with Crippen LogP contribution in [0, 0.1) is 19.8 Å². The van der Waals surface area contributed by atoms with Crippen LogP contribution < -0.4 is 14.8 Å². The van der Waals surface area contributed by atoms with Crippen molar-refractivity contribution >= 4 is 17.6 Å². The second-order valence-corrected chi connectivity index (χ2v) is 6.43. The van der Waals surface area contributed by atoms with Gasteiger partial charge in [-0.2, -0.15) is 5.10 Å². The molecule has 8 nitrogen and oxygen atoms in total. The second-order valence-electron chi connectivity index (χ2n) is 6.43. The number of methoxy groups -OCH3 is 2. The highest BCUT2D eigenvalue weighted by Gasteiger charge is 2.22. The molecule has 1 amide bonds. The normalized spacial score (nSPS) is 11.8. The number of benzene rings is 1. The minimum Gasteiger partial charge on any atom is -0.493 e. The number of amides is 1. The molecule has 8 heteroatoms. The fourth-order valence-corrected chi connectivity index (χ4v) is 2.95. The minimum absolute atomic E-state index is 0.00505. The van der Waals surface area contributed by atoms with Crippen molar-refractivity contribution in [1.82, 2.24) is 9.78 Å². The number of carboxylic acid groups (broad SMARTS) is 1. The van der Waals surface area contributed by atoms with Crippen molar-refractivity contribution in [3.05, 3.63) is 34.6 Å². The first-order valence-electron chi connectivity index (χ1n) is 8.48. The number of hydrogen-bond donors (Lipinski definition) is 2. The molecule has 0 saturated carbocycles. The largest absolute Gasteiger partial charge is 0.493 e. The Hall–Kier alpha value is -3.03. The SMILES string of the molecule is COc1cc(C(=O)O)cc(NC(=O)C(C)Cc2c(C)nn(C)c2C)c1OC. The standard InChI is InChI=1S/C19H25N3O5/c1-10(7-14-11(2)21-22(4)12(14)3)18(23)20-15-8-13(19(24)25)9-16(26-5)17(15)27-6/h8-10H,7H2,1-6H3,(H,20,23)(H,24,25). The zero-order chi connectivity index (χ0) is 20.3. The lowest BCUT2D eigenvalue weighted by Crippen LogP contribution is -2.23. The molecule has 0 radical (unpaired) electrons. The summed E-state index contributed by atoms with van der Waals surface area (Å²) in [6.45, 7) is 5.69. The van der Waals surface area contributed by atoms with Crippen LogP contribution in [0.2, 0.25) is 0 Å². The van der Waals surface area contributed by atoms with Crippen molar-refractivity contribution < 1.29 is 24.2 Å². The van der Waals surface area contributed by atoms with Crippen LogP contribution in [0.25, 0.3) is 0 Å². The van der Waals surface area contributed by atoms with Crippen molar-refractivity contribution in [2.45, 2.75) is 27.2 Å². The maximum Gasteiger partial charge on any atom is 0.335 e. The van der Waals surface area contributed by atoms with E-state index in [0.717, 1.165) is 17.0 Å². The Balaban J connectivity index is 2.28. The number of nitrogens with zero attached hydrogens (tertiary/aromatic N) is 2.